The van der Waals surface area contributed by atoms with Crippen LogP contribution in [0.4, 0.5) is 5.95 Å². The van der Waals surface area contributed by atoms with Crippen molar-refractivity contribution in [3.05, 3.63) is 41.4 Å². The van der Waals surface area contributed by atoms with Gasteiger partial charge < -0.3 is 10.3 Å². The van der Waals surface area contributed by atoms with Crippen LogP contribution in [0.1, 0.15) is 6.92 Å². The third kappa shape index (κ3) is 2.11. The van der Waals surface area contributed by atoms with Crippen molar-refractivity contribution in [2.75, 3.05) is 5.73 Å². The van der Waals surface area contributed by atoms with Gasteiger partial charge in [0.15, 0.2) is 0 Å². The molecule has 1 aromatic carbocycles. The van der Waals surface area contributed by atoms with E-state index in [0.717, 1.165) is 22.3 Å². The molecule has 83 valence electrons. The van der Waals surface area contributed by atoms with Crippen molar-refractivity contribution < 1.29 is 0 Å². The highest BCUT2D eigenvalue weighted by Gasteiger charge is 2.08. The van der Waals surface area contributed by atoms with Gasteiger partial charge >= 0.3 is 0 Å². The smallest absolute Gasteiger partial charge is 0.200 e. The molecule has 0 bridgehead atoms. The first-order chi connectivity index (χ1) is 7.72. The van der Waals surface area contributed by atoms with E-state index in [2.05, 4.69) is 27.3 Å². The molecule has 0 aliphatic carbocycles. The van der Waals surface area contributed by atoms with E-state index in [1.165, 1.54) is 0 Å². The highest BCUT2D eigenvalue weighted by Crippen LogP contribution is 2.23. The van der Waals surface area contributed by atoms with Crippen LogP contribution >= 0.6 is 15.9 Å². The van der Waals surface area contributed by atoms with E-state index in [1.54, 1.807) is 0 Å². The van der Waals surface area contributed by atoms with Gasteiger partial charge in [0.2, 0.25) is 5.95 Å². The lowest BCUT2D eigenvalue weighted by molar-refractivity contribution is 0.797. The Labute approximate surface area is 103 Å². The Balaban J connectivity index is 2.43. The Bertz CT molecular complexity index is 474. The van der Waals surface area contributed by atoms with E-state index in [4.69, 9.17) is 5.73 Å². The van der Waals surface area contributed by atoms with E-state index in [1.807, 2.05) is 42.0 Å². The van der Waals surface area contributed by atoms with E-state index >= 15 is 0 Å². The van der Waals surface area contributed by atoms with Crippen LogP contribution in [0.2, 0.25) is 0 Å². The molecule has 4 heteroatoms. The van der Waals surface area contributed by atoms with Gasteiger partial charge in [-0.3, -0.25) is 0 Å². The minimum atomic E-state index is 0.552. The Hall–Kier alpha value is -1.29. The predicted molar refractivity (Wildman–Crippen MR) is 69.7 cm³/mol. The zero-order valence-corrected chi connectivity index (χ0v) is 10.6. The summed E-state index contributed by atoms with van der Waals surface area (Å²) >= 11 is 3.42. The van der Waals surface area contributed by atoms with Gasteiger partial charge in [0.05, 0.1) is 11.9 Å². The van der Waals surface area contributed by atoms with Crippen LogP contribution in [0, 0.1) is 6.42 Å². The summed E-state index contributed by atoms with van der Waals surface area (Å²) in [4.78, 5) is 4.14. The number of imidazole rings is 1. The molecule has 0 amide bonds. The molecular formula is C12H13BrN3. The quantitative estimate of drug-likeness (QED) is 0.938. The average molecular weight is 279 g/mol. The zero-order chi connectivity index (χ0) is 11.5. The molecule has 0 atom stereocenters. The maximum atomic E-state index is 5.82. The monoisotopic (exact) mass is 278 g/mol. The molecule has 0 spiro atoms. The lowest BCUT2D eigenvalue weighted by Gasteiger charge is -2.08. The van der Waals surface area contributed by atoms with Crippen molar-refractivity contribution in [3.8, 4) is 11.3 Å². The van der Waals surface area contributed by atoms with Crippen LogP contribution in [0.25, 0.3) is 11.3 Å². The Morgan fingerprint density at radius 2 is 2.06 bits per heavy atom. The first-order valence-corrected chi connectivity index (χ1v) is 5.86. The molecule has 0 unspecified atom stereocenters. The van der Waals surface area contributed by atoms with Gasteiger partial charge in [0, 0.05) is 11.0 Å². The van der Waals surface area contributed by atoms with Crippen LogP contribution in [-0.4, -0.2) is 9.55 Å². The second-order valence-corrected chi connectivity index (χ2v) is 4.44. The molecule has 1 radical (unpaired) electrons. The number of benzene rings is 1. The largest absolute Gasteiger partial charge is 0.369 e. The van der Waals surface area contributed by atoms with E-state index in [0.29, 0.717) is 5.95 Å². The van der Waals surface area contributed by atoms with Gasteiger partial charge in [-0.2, -0.15) is 0 Å². The van der Waals surface area contributed by atoms with Crippen LogP contribution in [0.5, 0.6) is 0 Å². The van der Waals surface area contributed by atoms with E-state index in [9.17, 15) is 0 Å². The molecule has 0 saturated carbocycles. The number of anilines is 1. The fraction of sp³-hybridized carbons (Fsp3) is 0.167. The maximum absolute atomic E-state index is 5.82. The summed E-state index contributed by atoms with van der Waals surface area (Å²) in [7, 11) is 0. The van der Waals surface area contributed by atoms with Crippen LogP contribution in [-0.2, 0) is 6.54 Å². The van der Waals surface area contributed by atoms with Crippen molar-refractivity contribution in [3.63, 3.8) is 0 Å². The summed E-state index contributed by atoms with van der Waals surface area (Å²) in [5.74, 6) is 0.552. The summed E-state index contributed by atoms with van der Waals surface area (Å²) in [5, 5.41) is 0. The Morgan fingerprint density at radius 3 is 2.69 bits per heavy atom. The molecule has 0 aliphatic heterocycles. The molecular weight excluding hydrogens is 266 g/mol. The maximum Gasteiger partial charge on any atom is 0.200 e. The number of aromatic nitrogens is 2. The molecule has 2 aromatic rings. The summed E-state index contributed by atoms with van der Waals surface area (Å²) in [5.41, 5.74) is 7.98. The molecule has 16 heavy (non-hydrogen) atoms. The summed E-state index contributed by atoms with van der Waals surface area (Å²) in [6, 6.07) is 8.12. The fourth-order valence-electron chi connectivity index (χ4n) is 1.62. The number of hydrogen-bond donors (Lipinski definition) is 1. The Kier molecular flexibility index (Phi) is 3.29. The summed E-state index contributed by atoms with van der Waals surface area (Å²) in [6.45, 7) is 2.78. The van der Waals surface area contributed by atoms with Crippen molar-refractivity contribution in [1.82, 2.24) is 9.55 Å². The fourth-order valence-corrected chi connectivity index (χ4v) is 1.88. The van der Waals surface area contributed by atoms with Gasteiger partial charge in [-0.05, 0) is 24.1 Å². The molecule has 1 aromatic heterocycles. The summed E-state index contributed by atoms with van der Waals surface area (Å²) in [6.07, 6.45) is 3.86. The first kappa shape index (κ1) is 11.2. The standard InChI is InChI=1S/C12H13BrN3/c1-2-7-16-11(8-15-12(16)14)9-3-5-10(13)6-4-9/h2-6,8H,7H2,1H3,(H2,14,15). The van der Waals surface area contributed by atoms with Crippen LogP contribution < -0.4 is 5.73 Å². The number of halogens is 1. The van der Waals surface area contributed by atoms with Crippen LogP contribution in [0.15, 0.2) is 34.9 Å². The van der Waals surface area contributed by atoms with Gasteiger partial charge in [0.25, 0.3) is 0 Å². The first-order valence-electron chi connectivity index (χ1n) is 5.07. The molecule has 1 heterocycles. The molecule has 2 N–H and O–H groups in total. The number of nitrogens with two attached hydrogens (primary N) is 1. The highest BCUT2D eigenvalue weighted by molar-refractivity contribution is 9.10. The third-order valence-electron chi connectivity index (χ3n) is 2.39. The van der Waals surface area contributed by atoms with Crippen molar-refractivity contribution in [1.29, 1.82) is 0 Å². The summed E-state index contributed by atoms with van der Waals surface area (Å²) < 4.78 is 3.06. The lowest BCUT2D eigenvalue weighted by atomic mass is 10.2. The number of rotatable bonds is 3. The number of nitrogen functional groups attached to an aromatic ring is 1. The van der Waals surface area contributed by atoms with Gasteiger partial charge in [-0.25, -0.2) is 4.98 Å². The number of hydrogen-bond acceptors (Lipinski definition) is 2. The third-order valence-corrected chi connectivity index (χ3v) is 2.92. The van der Waals surface area contributed by atoms with Gasteiger partial charge in [0.1, 0.15) is 0 Å². The molecule has 0 saturated heterocycles. The SMILES string of the molecule is C[CH]Cn1c(-c2ccc(Br)cc2)cnc1N. The molecule has 3 nitrogen and oxygen atoms in total. The average Bonchev–Trinajstić information content (AvgIpc) is 2.63. The van der Waals surface area contributed by atoms with E-state index < -0.39 is 0 Å². The molecule has 2 rings (SSSR count). The van der Waals surface area contributed by atoms with Crippen LogP contribution in [0.3, 0.4) is 0 Å². The van der Waals surface area contributed by atoms with Gasteiger partial charge in [-0.1, -0.05) is 35.0 Å². The topological polar surface area (TPSA) is 43.8 Å². The minimum absolute atomic E-state index is 0.552. The van der Waals surface area contributed by atoms with E-state index in [-0.39, 0.29) is 0 Å². The predicted octanol–water partition coefficient (Wildman–Crippen LogP) is 3.12. The van der Waals surface area contributed by atoms with Gasteiger partial charge in [-0.15, -0.1) is 0 Å². The lowest BCUT2D eigenvalue weighted by Crippen LogP contribution is -2.04. The zero-order valence-electron chi connectivity index (χ0n) is 9.02. The Morgan fingerprint density at radius 1 is 1.38 bits per heavy atom. The minimum Gasteiger partial charge on any atom is -0.369 e. The van der Waals surface area contributed by atoms with Crippen molar-refractivity contribution in [2.24, 2.45) is 0 Å². The number of nitrogens with zero attached hydrogens (tertiary/aromatic N) is 2. The second kappa shape index (κ2) is 4.70. The molecule has 0 aliphatic rings. The van der Waals surface area contributed by atoms with Crippen molar-refractivity contribution in [2.45, 2.75) is 13.5 Å². The van der Waals surface area contributed by atoms with Crippen molar-refractivity contribution >= 4 is 21.9 Å². The second-order valence-electron chi connectivity index (χ2n) is 3.53. The molecule has 0 fully saturated rings. The highest BCUT2D eigenvalue weighted by atomic mass is 79.9. The normalized spacial score (nSPS) is 10.6.